The van der Waals surface area contributed by atoms with Gasteiger partial charge in [-0.3, -0.25) is 4.98 Å². The van der Waals surface area contributed by atoms with E-state index in [1.807, 2.05) is 17.8 Å². The molecular formula is C14H24N2O2S. The quantitative estimate of drug-likeness (QED) is 0.706. The van der Waals surface area contributed by atoms with Gasteiger partial charge in [0, 0.05) is 24.8 Å². The van der Waals surface area contributed by atoms with E-state index in [2.05, 4.69) is 24.1 Å². The van der Waals surface area contributed by atoms with Gasteiger partial charge in [0.1, 0.15) is 0 Å². The van der Waals surface area contributed by atoms with Gasteiger partial charge in [-0.2, -0.15) is 11.8 Å². The molecule has 1 heterocycles. The Balaban J connectivity index is 2.52. The topological polar surface area (TPSA) is 43.4 Å². The second-order valence-electron chi connectivity index (χ2n) is 4.26. The van der Waals surface area contributed by atoms with Gasteiger partial charge in [0.05, 0.1) is 19.9 Å². The Morgan fingerprint density at radius 2 is 2.16 bits per heavy atom. The third-order valence-electron chi connectivity index (χ3n) is 2.88. The molecule has 1 rings (SSSR count). The zero-order valence-corrected chi connectivity index (χ0v) is 13.0. The lowest BCUT2D eigenvalue weighted by Gasteiger charge is -2.15. The Morgan fingerprint density at radius 3 is 2.79 bits per heavy atom. The normalized spacial score (nSPS) is 12.2. The van der Waals surface area contributed by atoms with Crippen LogP contribution in [-0.4, -0.2) is 36.8 Å². The molecule has 1 N–H and O–H groups in total. The first-order valence-electron chi connectivity index (χ1n) is 6.59. The van der Waals surface area contributed by atoms with Gasteiger partial charge in [0.2, 0.25) is 0 Å². The van der Waals surface area contributed by atoms with Crippen molar-refractivity contribution in [2.45, 2.75) is 32.9 Å². The first kappa shape index (κ1) is 16.1. The third-order valence-corrected chi connectivity index (χ3v) is 3.82. The molecule has 0 bridgehead atoms. The van der Waals surface area contributed by atoms with E-state index in [9.17, 15) is 0 Å². The van der Waals surface area contributed by atoms with Crippen molar-refractivity contribution >= 4 is 11.8 Å². The molecule has 0 amide bonds. The van der Waals surface area contributed by atoms with Crippen molar-refractivity contribution < 1.29 is 9.47 Å². The number of rotatable bonds is 9. The smallest absolute Gasteiger partial charge is 0.183 e. The molecule has 1 aromatic rings. The molecule has 0 saturated carbocycles. The van der Waals surface area contributed by atoms with Gasteiger partial charge in [-0.15, -0.1) is 0 Å². The molecule has 0 radical (unpaired) electrons. The number of methoxy groups -OCH3 is 2. The van der Waals surface area contributed by atoms with Gasteiger partial charge in [-0.1, -0.05) is 6.92 Å². The van der Waals surface area contributed by atoms with Gasteiger partial charge < -0.3 is 14.8 Å². The number of nitrogens with zero attached hydrogens (tertiary/aromatic N) is 1. The molecular weight excluding hydrogens is 260 g/mol. The summed E-state index contributed by atoms with van der Waals surface area (Å²) in [5.74, 6) is 3.81. The molecule has 1 aromatic heterocycles. The second-order valence-corrected chi connectivity index (χ2v) is 5.65. The summed E-state index contributed by atoms with van der Waals surface area (Å²) < 4.78 is 10.6. The summed E-state index contributed by atoms with van der Waals surface area (Å²) in [6, 6.07) is 2.28. The van der Waals surface area contributed by atoms with E-state index >= 15 is 0 Å². The second kappa shape index (κ2) is 9.04. The monoisotopic (exact) mass is 284 g/mol. The number of ether oxygens (including phenoxy) is 2. The Morgan fingerprint density at radius 1 is 1.37 bits per heavy atom. The summed E-state index contributed by atoms with van der Waals surface area (Å²) in [6.45, 7) is 5.08. The molecule has 1 atom stereocenters. The highest BCUT2D eigenvalue weighted by Crippen LogP contribution is 2.28. The first-order chi connectivity index (χ1) is 9.22. The van der Waals surface area contributed by atoms with Crippen LogP contribution in [-0.2, 0) is 6.54 Å². The first-order valence-corrected chi connectivity index (χ1v) is 7.75. The van der Waals surface area contributed by atoms with Crippen LogP contribution in [0, 0.1) is 0 Å². The highest BCUT2D eigenvalue weighted by Gasteiger charge is 2.11. The molecule has 0 aliphatic heterocycles. The Labute approximate surface area is 120 Å². The average Bonchev–Trinajstić information content (AvgIpc) is 2.44. The van der Waals surface area contributed by atoms with Crippen LogP contribution in [0.25, 0.3) is 0 Å². The fraction of sp³-hybridized carbons (Fsp3) is 0.643. The van der Waals surface area contributed by atoms with E-state index in [0.717, 1.165) is 17.9 Å². The number of aromatic nitrogens is 1. The lowest BCUT2D eigenvalue weighted by atomic mass is 10.2. The maximum Gasteiger partial charge on any atom is 0.183 e. The van der Waals surface area contributed by atoms with Crippen molar-refractivity contribution in [2.24, 2.45) is 0 Å². The summed E-state index contributed by atoms with van der Waals surface area (Å²) in [4.78, 5) is 4.35. The van der Waals surface area contributed by atoms with Crippen LogP contribution in [0.4, 0.5) is 0 Å². The van der Waals surface area contributed by atoms with Crippen LogP contribution in [0.15, 0.2) is 12.3 Å². The Kier molecular flexibility index (Phi) is 7.67. The highest BCUT2D eigenvalue weighted by molar-refractivity contribution is 7.99. The van der Waals surface area contributed by atoms with E-state index in [4.69, 9.17) is 9.47 Å². The Bertz CT molecular complexity index is 374. The lowest BCUT2D eigenvalue weighted by molar-refractivity contribution is 0.347. The number of hydrogen-bond acceptors (Lipinski definition) is 5. The fourth-order valence-corrected chi connectivity index (χ4v) is 2.56. The van der Waals surface area contributed by atoms with Crippen LogP contribution in [0.5, 0.6) is 11.5 Å². The largest absolute Gasteiger partial charge is 0.493 e. The third kappa shape index (κ3) is 5.28. The average molecular weight is 284 g/mol. The molecule has 19 heavy (non-hydrogen) atoms. The fourth-order valence-electron chi connectivity index (χ4n) is 1.75. The van der Waals surface area contributed by atoms with Gasteiger partial charge >= 0.3 is 0 Å². The van der Waals surface area contributed by atoms with Crippen LogP contribution in [0.2, 0.25) is 0 Å². The van der Waals surface area contributed by atoms with Crippen molar-refractivity contribution in [2.75, 3.05) is 25.7 Å². The zero-order valence-electron chi connectivity index (χ0n) is 12.2. The SMILES string of the molecule is CCSCCC(C)NCc1nccc(OC)c1OC. The molecule has 0 aromatic carbocycles. The van der Waals surface area contributed by atoms with Crippen LogP contribution >= 0.6 is 11.8 Å². The van der Waals surface area contributed by atoms with Gasteiger partial charge in [-0.25, -0.2) is 0 Å². The zero-order chi connectivity index (χ0) is 14.1. The van der Waals surface area contributed by atoms with E-state index in [1.165, 1.54) is 11.5 Å². The predicted octanol–water partition coefficient (Wildman–Crippen LogP) is 2.72. The number of hydrogen-bond donors (Lipinski definition) is 1. The van der Waals surface area contributed by atoms with Crippen molar-refractivity contribution in [3.05, 3.63) is 18.0 Å². The molecule has 1 unspecified atom stereocenters. The maximum absolute atomic E-state index is 5.37. The van der Waals surface area contributed by atoms with Gasteiger partial charge in [0.25, 0.3) is 0 Å². The van der Waals surface area contributed by atoms with E-state index in [-0.39, 0.29) is 0 Å². The summed E-state index contributed by atoms with van der Waals surface area (Å²) >= 11 is 1.97. The number of thioether (sulfide) groups is 1. The summed E-state index contributed by atoms with van der Waals surface area (Å²) in [6.07, 6.45) is 2.90. The van der Waals surface area contributed by atoms with Gasteiger partial charge in [0.15, 0.2) is 11.5 Å². The van der Waals surface area contributed by atoms with Crippen LogP contribution in [0.1, 0.15) is 26.0 Å². The Hall–Kier alpha value is -0.940. The predicted molar refractivity (Wildman–Crippen MR) is 81.3 cm³/mol. The summed E-state index contributed by atoms with van der Waals surface area (Å²) in [5, 5.41) is 3.47. The molecule has 0 saturated heterocycles. The molecule has 5 heteroatoms. The minimum atomic E-state index is 0.469. The standard InChI is InChI=1S/C14H24N2O2S/c1-5-19-9-7-11(2)16-10-12-14(18-4)13(17-3)6-8-15-12/h6,8,11,16H,5,7,9-10H2,1-4H3. The highest BCUT2D eigenvalue weighted by atomic mass is 32.2. The van der Waals surface area contributed by atoms with E-state index < -0.39 is 0 Å². The van der Waals surface area contributed by atoms with Gasteiger partial charge in [-0.05, 0) is 24.9 Å². The summed E-state index contributed by atoms with van der Waals surface area (Å²) in [5.41, 5.74) is 0.886. The van der Waals surface area contributed by atoms with Crippen molar-refractivity contribution in [1.82, 2.24) is 10.3 Å². The van der Waals surface area contributed by atoms with Crippen molar-refractivity contribution in [3.63, 3.8) is 0 Å². The number of nitrogens with one attached hydrogen (secondary N) is 1. The molecule has 0 aliphatic rings. The van der Waals surface area contributed by atoms with E-state index in [1.54, 1.807) is 20.4 Å². The molecule has 0 fully saturated rings. The van der Waals surface area contributed by atoms with Crippen LogP contribution < -0.4 is 14.8 Å². The maximum atomic E-state index is 5.37. The molecule has 108 valence electrons. The van der Waals surface area contributed by atoms with Crippen molar-refractivity contribution in [1.29, 1.82) is 0 Å². The molecule has 0 aliphatic carbocycles. The summed E-state index contributed by atoms with van der Waals surface area (Å²) in [7, 11) is 3.28. The molecule has 0 spiro atoms. The van der Waals surface area contributed by atoms with E-state index in [0.29, 0.717) is 18.3 Å². The number of pyridine rings is 1. The van der Waals surface area contributed by atoms with Crippen LogP contribution in [0.3, 0.4) is 0 Å². The molecule has 4 nitrogen and oxygen atoms in total. The lowest BCUT2D eigenvalue weighted by Crippen LogP contribution is -2.26. The van der Waals surface area contributed by atoms with Crippen molar-refractivity contribution in [3.8, 4) is 11.5 Å². The minimum absolute atomic E-state index is 0.469. The minimum Gasteiger partial charge on any atom is -0.493 e.